The average molecular weight is 304 g/mol. The second kappa shape index (κ2) is 8.18. The Morgan fingerprint density at radius 1 is 1.23 bits per heavy atom. The maximum absolute atomic E-state index is 12.2. The van der Waals surface area contributed by atoms with Gasteiger partial charge in [-0.05, 0) is 49.1 Å². The van der Waals surface area contributed by atoms with E-state index in [9.17, 15) is 9.90 Å². The molecular weight excluding hydrogens is 276 g/mol. The van der Waals surface area contributed by atoms with Gasteiger partial charge >= 0.3 is 6.03 Å². The van der Waals surface area contributed by atoms with Gasteiger partial charge in [0.2, 0.25) is 0 Å². The molecule has 2 atom stereocenters. The van der Waals surface area contributed by atoms with Crippen LogP contribution in [0.3, 0.4) is 0 Å². The summed E-state index contributed by atoms with van der Waals surface area (Å²) in [5.74, 6) is 0.390. The van der Waals surface area contributed by atoms with Crippen LogP contribution in [0.2, 0.25) is 0 Å². The number of anilines is 1. The van der Waals surface area contributed by atoms with Crippen molar-refractivity contribution in [3.63, 3.8) is 0 Å². The smallest absolute Gasteiger partial charge is 0.319 e. The molecule has 0 aromatic heterocycles. The van der Waals surface area contributed by atoms with Crippen molar-refractivity contribution in [2.75, 3.05) is 11.9 Å². The zero-order valence-corrected chi connectivity index (χ0v) is 13.7. The van der Waals surface area contributed by atoms with Crippen LogP contribution in [-0.4, -0.2) is 23.8 Å². The number of carbonyl (C=O) groups excluding carboxylic acids is 1. The Bertz CT molecular complexity index is 480. The molecule has 1 aromatic carbocycles. The highest BCUT2D eigenvalue weighted by Gasteiger charge is 2.20. The summed E-state index contributed by atoms with van der Waals surface area (Å²) in [5.41, 5.74) is 3.29. The molecule has 1 aliphatic rings. The molecule has 0 bridgehead atoms. The summed E-state index contributed by atoms with van der Waals surface area (Å²) in [7, 11) is 0. The van der Waals surface area contributed by atoms with Crippen LogP contribution in [0, 0.1) is 5.92 Å². The lowest BCUT2D eigenvalue weighted by Gasteiger charge is -2.26. The number of rotatable bonds is 5. The van der Waals surface area contributed by atoms with Crippen LogP contribution >= 0.6 is 0 Å². The lowest BCUT2D eigenvalue weighted by atomic mass is 9.87. The summed E-state index contributed by atoms with van der Waals surface area (Å²) in [6.07, 6.45) is 5.43. The topological polar surface area (TPSA) is 61.4 Å². The van der Waals surface area contributed by atoms with E-state index in [1.807, 2.05) is 6.07 Å². The molecule has 4 nitrogen and oxygen atoms in total. The molecule has 0 spiro atoms. The zero-order valence-electron chi connectivity index (χ0n) is 13.7. The molecule has 0 radical (unpaired) electrons. The van der Waals surface area contributed by atoms with Gasteiger partial charge in [-0.15, -0.1) is 0 Å². The number of carbonyl (C=O) groups is 1. The number of amides is 2. The first kappa shape index (κ1) is 16.8. The lowest BCUT2D eigenvalue weighted by molar-refractivity contribution is 0.101. The minimum absolute atomic E-state index is 0.143. The molecule has 2 amide bonds. The van der Waals surface area contributed by atoms with Crippen molar-refractivity contribution in [1.82, 2.24) is 5.32 Å². The first-order valence-electron chi connectivity index (χ1n) is 8.47. The van der Waals surface area contributed by atoms with Crippen LogP contribution < -0.4 is 10.6 Å². The second-order valence-corrected chi connectivity index (χ2v) is 6.18. The third-order valence-corrected chi connectivity index (χ3v) is 4.54. The van der Waals surface area contributed by atoms with E-state index in [4.69, 9.17) is 0 Å². The Kier molecular flexibility index (Phi) is 6.25. The van der Waals surface area contributed by atoms with E-state index in [-0.39, 0.29) is 12.1 Å². The number of aryl methyl sites for hydroxylation is 2. The van der Waals surface area contributed by atoms with Crippen molar-refractivity contribution < 1.29 is 9.90 Å². The molecule has 1 saturated carbocycles. The molecule has 1 aromatic rings. The van der Waals surface area contributed by atoms with Gasteiger partial charge < -0.3 is 15.7 Å². The molecule has 1 fully saturated rings. The van der Waals surface area contributed by atoms with E-state index in [0.717, 1.165) is 44.2 Å². The van der Waals surface area contributed by atoms with E-state index in [2.05, 4.69) is 36.6 Å². The number of hydrogen-bond donors (Lipinski definition) is 3. The summed E-state index contributed by atoms with van der Waals surface area (Å²) in [4.78, 5) is 12.2. The minimum atomic E-state index is -0.198. The van der Waals surface area contributed by atoms with Gasteiger partial charge in [-0.2, -0.15) is 0 Å². The van der Waals surface area contributed by atoms with Gasteiger partial charge in [0.15, 0.2) is 0 Å². The normalized spacial score (nSPS) is 21.4. The first-order chi connectivity index (χ1) is 10.6. The highest BCUT2D eigenvalue weighted by Crippen LogP contribution is 2.24. The Hall–Kier alpha value is -1.55. The standard InChI is InChI=1S/C18H28N2O2/c1-3-14-8-6-9-15(4-2)17(14)20-18(22)19-12-13-7-5-10-16(21)11-13/h6,8-9,13,16,21H,3-5,7,10-12H2,1-2H3,(H2,19,20,22). The monoisotopic (exact) mass is 304 g/mol. The predicted molar refractivity (Wildman–Crippen MR) is 90.2 cm³/mol. The van der Waals surface area contributed by atoms with Gasteiger partial charge in [-0.25, -0.2) is 4.79 Å². The third kappa shape index (κ3) is 4.47. The third-order valence-electron chi connectivity index (χ3n) is 4.54. The van der Waals surface area contributed by atoms with E-state index in [1.54, 1.807) is 0 Å². The lowest BCUT2D eigenvalue weighted by Crippen LogP contribution is -2.36. The number of para-hydroxylation sites is 1. The fourth-order valence-corrected chi connectivity index (χ4v) is 3.25. The Morgan fingerprint density at radius 3 is 2.50 bits per heavy atom. The molecule has 0 heterocycles. The number of hydrogen-bond acceptors (Lipinski definition) is 2. The van der Waals surface area contributed by atoms with Crippen LogP contribution in [0.4, 0.5) is 10.5 Å². The SMILES string of the molecule is CCc1cccc(CC)c1NC(=O)NCC1CCCC(O)C1. The maximum Gasteiger partial charge on any atom is 0.319 e. The largest absolute Gasteiger partial charge is 0.393 e. The van der Waals surface area contributed by atoms with Crippen molar-refractivity contribution >= 4 is 11.7 Å². The molecular formula is C18H28N2O2. The van der Waals surface area contributed by atoms with Crippen molar-refractivity contribution in [1.29, 1.82) is 0 Å². The van der Waals surface area contributed by atoms with Gasteiger partial charge in [0.05, 0.1) is 6.10 Å². The van der Waals surface area contributed by atoms with Crippen molar-refractivity contribution in [2.24, 2.45) is 5.92 Å². The van der Waals surface area contributed by atoms with Crippen LogP contribution in [0.15, 0.2) is 18.2 Å². The summed E-state index contributed by atoms with van der Waals surface area (Å²) in [6.45, 7) is 4.83. The van der Waals surface area contributed by atoms with E-state index in [1.165, 1.54) is 11.1 Å². The van der Waals surface area contributed by atoms with Gasteiger partial charge in [0.1, 0.15) is 0 Å². The minimum Gasteiger partial charge on any atom is -0.393 e. The highest BCUT2D eigenvalue weighted by atomic mass is 16.3. The maximum atomic E-state index is 12.2. The number of benzene rings is 1. The van der Waals surface area contributed by atoms with Crippen LogP contribution in [0.5, 0.6) is 0 Å². The van der Waals surface area contributed by atoms with E-state index >= 15 is 0 Å². The van der Waals surface area contributed by atoms with Gasteiger partial charge in [-0.3, -0.25) is 0 Å². The van der Waals surface area contributed by atoms with Gasteiger partial charge in [0, 0.05) is 12.2 Å². The highest BCUT2D eigenvalue weighted by molar-refractivity contribution is 5.91. The molecule has 2 rings (SSSR count). The number of nitrogens with one attached hydrogen (secondary N) is 2. The molecule has 0 saturated heterocycles. The molecule has 1 aliphatic carbocycles. The second-order valence-electron chi connectivity index (χ2n) is 6.18. The zero-order chi connectivity index (χ0) is 15.9. The van der Waals surface area contributed by atoms with E-state index in [0.29, 0.717) is 12.5 Å². The Labute approximate surface area is 133 Å². The van der Waals surface area contributed by atoms with Crippen molar-refractivity contribution in [2.45, 2.75) is 58.5 Å². The molecule has 122 valence electrons. The molecule has 2 unspecified atom stereocenters. The Morgan fingerprint density at radius 2 is 1.91 bits per heavy atom. The fourth-order valence-electron chi connectivity index (χ4n) is 3.25. The number of urea groups is 1. The van der Waals surface area contributed by atoms with Gasteiger partial charge in [-0.1, -0.05) is 38.5 Å². The van der Waals surface area contributed by atoms with E-state index < -0.39 is 0 Å². The van der Waals surface area contributed by atoms with Crippen LogP contribution in [0.25, 0.3) is 0 Å². The quantitative estimate of drug-likeness (QED) is 0.780. The number of aliphatic hydroxyl groups excluding tert-OH is 1. The summed E-state index contributed by atoms with van der Waals surface area (Å²) < 4.78 is 0. The summed E-state index contributed by atoms with van der Waals surface area (Å²) in [6, 6.07) is 6.03. The van der Waals surface area contributed by atoms with Crippen molar-refractivity contribution in [3.8, 4) is 0 Å². The Balaban J connectivity index is 1.91. The van der Waals surface area contributed by atoms with Crippen LogP contribution in [-0.2, 0) is 12.8 Å². The molecule has 22 heavy (non-hydrogen) atoms. The molecule has 3 N–H and O–H groups in total. The van der Waals surface area contributed by atoms with Crippen molar-refractivity contribution in [3.05, 3.63) is 29.3 Å². The average Bonchev–Trinajstić information content (AvgIpc) is 2.53. The van der Waals surface area contributed by atoms with Gasteiger partial charge in [0.25, 0.3) is 0 Å². The van der Waals surface area contributed by atoms with Crippen LogP contribution in [0.1, 0.15) is 50.7 Å². The number of aliphatic hydroxyl groups is 1. The first-order valence-corrected chi connectivity index (χ1v) is 8.47. The molecule has 0 aliphatic heterocycles. The molecule has 4 heteroatoms. The summed E-state index contributed by atoms with van der Waals surface area (Å²) in [5, 5.41) is 15.7. The fraction of sp³-hybridized carbons (Fsp3) is 0.611. The predicted octanol–water partition coefficient (Wildman–Crippen LogP) is 3.48. The summed E-state index contributed by atoms with van der Waals surface area (Å²) >= 11 is 0.